The normalized spacial score (nSPS) is 20.6. The first-order valence-corrected chi connectivity index (χ1v) is 17.5. The molecule has 0 aliphatic heterocycles. The molecule has 1 aliphatic rings. The minimum Gasteiger partial charge on any atom is -0.456 e. The largest absolute Gasteiger partial charge is 0.456 e. The Morgan fingerprint density at radius 1 is 0.448 bits per heavy atom. The number of hydrogen-bond acceptors (Lipinski definition) is 3. The van der Waals surface area contributed by atoms with E-state index in [4.69, 9.17) is 30.8 Å². The second-order valence-corrected chi connectivity index (χ2v) is 13.7. The van der Waals surface area contributed by atoms with Crippen LogP contribution in [0.15, 0.2) is 196 Å². The van der Waals surface area contributed by atoms with Crippen LogP contribution in [0.5, 0.6) is 0 Å². The van der Waals surface area contributed by atoms with Gasteiger partial charge in [-0.15, -0.1) is 0 Å². The molecule has 0 bridgehead atoms. The van der Waals surface area contributed by atoms with Gasteiger partial charge in [-0.2, -0.15) is 0 Å². The fourth-order valence-corrected chi connectivity index (χ4v) is 7.51. The number of fused-ring (bicyclic) bond motifs is 10. The summed E-state index contributed by atoms with van der Waals surface area (Å²) >= 11 is 0. The number of para-hydroxylation sites is 2. The van der Waals surface area contributed by atoms with Crippen LogP contribution in [0.2, 0.25) is 0 Å². The summed E-state index contributed by atoms with van der Waals surface area (Å²) in [7, 11) is 0. The summed E-state index contributed by atoms with van der Waals surface area (Å²) < 4.78 is 298. The zero-order valence-electron chi connectivity index (χ0n) is 60.8. The highest BCUT2D eigenvalue weighted by Gasteiger charge is 2.38. The molecule has 0 saturated carbocycles. The van der Waals surface area contributed by atoms with Crippen molar-refractivity contribution in [2.24, 2.45) is 0 Å². The van der Waals surface area contributed by atoms with E-state index in [1.807, 2.05) is 0 Å². The lowest BCUT2D eigenvalue weighted by molar-refractivity contribution is 0.660. The highest BCUT2D eigenvalue weighted by Crippen LogP contribution is 2.55. The summed E-state index contributed by atoms with van der Waals surface area (Å²) in [4.78, 5) is 0.581. The Balaban J connectivity index is 1.35. The predicted molar refractivity (Wildman–Crippen MR) is 242 cm³/mol. The van der Waals surface area contributed by atoms with E-state index in [0.29, 0.717) is 4.90 Å². The van der Waals surface area contributed by atoms with E-state index >= 15 is 0 Å². The van der Waals surface area contributed by atoms with Crippen LogP contribution in [-0.2, 0) is 5.41 Å². The third kappa shape index (κ3) is 4.74. The number of anilines is 3. The lowest BCUT2D eigenvalue weighted by Crippen LogP contribution is -2.16. The van der Waals surface area contributed by atoms with Crippen molar-refractivity contribution in [1.29, 1.82) is 0 Å². The molecule has 3 heteroatoms. The maximum atomic E-state index is 10.3. The quantitative estimate of drug-likeness (QED) is 0.174. The molecule has 274 valence electrons. The number of hydrogen-bond donors (Lipinski definition) is 0. The fourth-order valence-electron chi connectivity index (χ4n) is 7.51. The molecule has 0 amide bonds. The van der Waals surface area contributed by atoms with E-state index in [1.54, 1.807) is 0 Å². The van der Waals surface area contributed by atoms with Crippen molar-refractivity contribution in [2.75, 3.05) is 4.90 Å². The second kappa shape index (κ2) is 12.3. The van der Waals surface area contributed by atoms with Crippen LogP contribution >= 0.6 is 0 Å². The minimum atomic E-state index is -1.75. The summed E-state index contributed by atoms with van der Waals surface area (Å²) in [5.41, 5.74) is -12.4. The Hall–Kier alpha value is -7.36. The lowest BCUT2D eigenvalue weighted by Gasteiger charge is -2.30. The molecule has 0 N–H and O–H groups in total. The summed E-state index contributed by atoms with van der Waals surface area (Å²) in [5.74, 6) is 0. The lowest BCUT2D eigenvalue weighted by atomic mass is 9.82. The van der Waals surface area contributed by atoms with Crippen LogP contribution in [0.25, 0.3) is 88.0 Å². The second-order valence-electron chi connectivity index (χ2n) is 13.7. The zero-order valence-corrected chi connectivity index (χ0v) is 29.8. The Morgan fingerprint density at radius 3 is 1.93 bits per heavy atom. The fraction of sp³-hybridized carbons (Fsp3) is 0.0545. The molecule has 0 radical (unpaired) electrons. The van der Waals surface area contributed by atoms with Gasteiger partial charge in [0.2, 0.25) is 0 Å². The SMILES string of the molecule is [2H]c1c([2H])c([2H])c2c(c1[2H])-c1c(N(c3c([2H])c([2H])c(-c4c([2H])c([2H])c([2H])c5oc6c([2H])c([2H])c([2H])c([2H])c6c45)c([2H])c3[2H])c3c([2H])c([2H])c(-c4c([2H])c([2H])c5c([2H])c([2H])c([2H])c([2H])c5c4[2H])c4oc5c([2H])c([2H])c([2H])c([2H])c5c34)c([2H])c([2H])c([2H])c1C2(C)C. The van der Waals surface area contributed by atoms with Crippen LogP contribution < -0.4 is 4.90 Å². The molecule has 1 aliphatic carbocycles. The first-order chi connectivity index (χ1) is 41.4. The maximum absolute atomic E-state index is 10.3. The topological polar surface area (TPSA) is 29.5 Å². The Labute approximate surface area is 379 Å². The predicted octanol–water partition coefficient (Wildman–Crippen LogP) is 15.7. The summed E-state index contributed by atoms with van der Waals surface area (Å²) in [6.07, 6.45) is 0. The van der Waals surface area contributed by atoms with Gasteiger partial charge in [0.25, 0.3) is 0 Å². The van der Waals surface area contributed by atoms with Gasteiger partial charge in [-0.05, 0) is 98.5 Å². The number of furan rings is 2. The van der Waals surface area contributed by atoms with Crippen molar-refractivity contribution < 1.29 is 51.3 Å². The Kier molecular flexibility index (Phi) is 3.09. The number of rotatable bonds is 5. The average Bonchev–Trinajstić information content (AvgIpc) is 1.61. The van der Waals surface area contributed by atoms with Crippen molar-refractivity contribution in [3.8, 4) is 33.4 Å². The number of nitrogens with zero attached hydrogens (tertiary/aromatic N) is 1. The van der Waals surface area contributed by atoms with Crippen molar-refractivity contribution in [1.82, 2.24) is 0 Å². The van der Waals surface area contributed by atoms with E-state index in [9.17, 15) is 20.6 Å². The Bertz CT molecular complexity index is 5230. The van der Waals surface area contributed by atoms with Crippen molar-refractivity contribution in [3.05, 3.63) is 198 Å². The van der Waals surface area contributed by atoms with Crippen LogP contribution in [0.3, 0.4) is 0 Å². The van der Waals surface area contributed by atoms with Gasteiger partial charge in [-0.1, -0.05) is 147 Å². The van der Waals surface area contributed by atoms with Crippen molar-refractivity contribution in [2.45, 2.75) is 19.3 Å². The molecule has 0 saturated heterocycles. The van der Waals surface area contributed by atoms with E-state index in [-0.39, 0.29) is 11.1 Å². The van der Waals surface area contributed by atoms with Crippen molar-refractivity contribution in [3.63, 3.8) is 0 Å². The monoisotopic (exact) mass is 774 g/mol. The molecule has 0 atom stereocenters. The molecule has 2 heterocycles. The van der Waals surface area contributed by atoms with Crippen LogP contribution in [-0.4, -0.2) is 0 Å². The van der Waals surface area contributed by atoms with Gasteiger partial charge in [-0.25, -0.2) is 0 Å². The van der Waals surface area contributed by atoms with Gasteiger partial charge in [-0.3, -0.25) is 0 Å². The number of benzene rings is 9. The average molecular weight is 775 g/mol. The molecular weight excluding hydrogens is 707 g/mol. The van der Waals surface area contributed by atoms with Gasteiger partial charge in [0, 0.05) is 38.4 Å². The molecule has 12 rings (SSSR count). The zero-order chi connectivity index (χ0) is 65.5. The van der Waals surface area contributed by atoms with Crippen LogP contribution in [0.4, 0.5) is 17.1 Å². The van der Waals surface area contributed by atoms with Gasteiger partial charge in [0.05, 0.1) is 59.3 Å². The molecule has 58 heavy (non-hydrogen) atoms. The van der Waals surface area contributed by atoms with Gasteiger partial charge >= 0.3 is 0 Å². The van der Waals surface area contributed by atoms with E-state index in [0.717, 1.165) is 0 Å². The van der Waals surface area contributed by atoms with Crippen LogP contribution in [0.1, 0.15) is 67.5 Å². The van der Waals surface area contributed by atoms with Crippen LogP contribution in [0, 0.1) is 0 Å². The third-order valence-corrected chi connectivity index (χ3v) is 10.1. The Morgan fingerprint density at radius 2 is 1.09 bits per heavy atom. The molecule has 0 spiro atoms. The molecule has 2 aromatic heterocycles. The first-order valence-electron chi connectivity index (χ1n) is 33.0. The van der Waals surface area contributed by atoms with E-state index < -0.39 is 298 Å². The summed E-state index contributed by atoms with van der Waals surface area (Å²) in [6, 6.07) is -29.4. The smallest absolute Gasteiger partial charge is 0.145 e. The standard InChI is InChI=1S/C55H37NO2/c1-55(2)44-19-8-5-15-41(44)52-45(55)20-12-21-46(52)56(38-29-27-35(28-30-38)39-18-11-24-50-51(39)42-16-6-9-22-48(42)57-50)47-32-31-40(37-26-25-34-13-3-4-14-36(34)33-37)54-53(47)43-17-7-10-23-49(43)58-54/h3-33H,1-2H3/i3D,4D,5D,6D,7D,8D,9D,10D,11D,12D,13D,14D,15D,16D,17D,18D,19D,20D,21D,22D,23D,24D,25D,26D,27D,28D,29D,30D,31D,32D,33D. The highest BCUT2D eigenvalue weighted by molar-refractivity contribution is 6.18. The molecule has 11 aromatic rings. The van der Waals surface area contributed by atoms with Crippen molar-refractivity contribution >= 4 is 71.7 Å². The third-order valence-electron chi connectivity index (χ3n) is 10.1. The summed E-state index contributed by atoms with van der Waals surface area (Å²) in [6.45, 7) is 2.85. The molecule has 0 unspecified atom stereocenters. The van der Waals surface area contributed by atoms with E-state index in [2.05, 4.69) is 0 Å². The molecule has 9 aromatic carbocycles. The maximum Gasteiger partial charge on any atom is 0.145 e. The van der Waals surface area contributed by atoms with Gasteiger partial charge < -0.3 is 13.7 Å². The van der Waals surface area contributed by atoms with E-state index in [1.165, 1.54) is 13.8 Å². The first kappa shape index (κ1) is 14.5. The molecular formula is C55H37NO2. The summed E-state index contributed by atoms with van der Waals surface area (Å²) in [5, 5.41) is -3.80. The molecule has 3 nitrogen and oxygen atoms in total. The highest BCUT2D eigenvalue weighted by atomic mass is 16.3. The van der Waals surface area contributed by atoms with Gasteiger partial charge in [0.1, 0.15) is 22.3 Å². The van der Waals surface area contributed by atoms with Gasteiger partial charge in [0.15, 0.2) is 0 Å². The molecule has 0 fully saturated rings. The minimum absolute atomic E-state index is 0.225.